The van der Waals surface area contributed by atoms with Crippen molar-refractivity contribution < 1.29 is 14.1 Å². The van der Waals surface area contributed by atoms with Crippen molar-refractivity contribution in [1.29, 1.82) is 0 Å². The van der Waals surface area contributed by atoms with Crippen LogP contribution >= 0.6 is 0 Å². The molecule has 7 heteroatoms. The van der Waals surface area contributed by atoms with Gasteiger partial charge in [-0.25, -0.2) is 0 Å². The summed E-state index contributed by atoms with van der Waals surface area (Å²) in [4.78, 5) is 21.1. The minimum Gasteiger partial charge on any atom is -0.489 e. The van der Waals surface area contributed by atoms with Crippen LogP contribution in [0, 0.1) is 5.92 Å². The lowest BCUT2D eigenvalue weighted by atomic mass is 10.0. The number of pyridine rings is 1. The fourth-order valence-electron chi connectivity index (χ4n) is 3.32. The summed E-state index contributed by atoms with van der Waals surface area (Å²) in [5.41, 5.74) is 2.75. The highest BCUT2D eigenvalue weighted by atomic mass is 16.5. The molecule has 0 bridgehead atoms. The standard InChI is InChI=1S/C27H26N4O3/c1-19(2)25(27-30-26(31-34-27)22-13-15-28-16-14-22)29-24(32)12-11-20-9-6-10-23(17-20)33-18-21-7-4-3-5-8-21/h3-17,19,25H,18H2,1-2H3,(H,29,32)/b12-11+. The van der Waals surface area contributed by atoms with E-state index in [1.54, 1.807) is 30.6 Å². The number of ether oxygens (including phenoxy) is 1. The molecule has 0 aliphatic heterocycles. The van der Waals surface area contributed by atoms with Crippen molar-refractivity contribution in [2.24, 2.45) is 5.92 Å². The monoisotopic (exact) mass is 454 g/mol. The van der Waals surface area contributed by atoms with Crippen molar-refractivity contribution in [3.8, 4) is 17.1 Å². The van der Waals surface area contributed by atoms with Gasteiger partial charge in [0.1, 0.15) is 18.4 Å². The number of carbonyl (C=O) groups is 1. The molecule has 2 aromatic carbocycles. The number of rotatable bonds is 9. The van der Waals surface area contributed by atoms with Gasteiger partial charge in [-0.3, -0.25) is 9.78 Å². The Bertz CT molecular complexity index is 1240. The Hall–Kier alpha value is -4.26. The molecule has 0 spiro atoms. The first-order chi connectivity index (χ1) is 16.6. The smallest absolute Gasteiger partial charge is 0.249 e. The third-order valence-electron chi connectivity index (χ3n) is 5.14. The summed E-state index contributed by atoms with van der Waals surface area (Å²) < 4.78 is 11.3. The zero-order valence-corrected chi connectivity index (χ0v) is 19.1. The van der Waals surface area contributed by atoms with Crippen LogP contribution in [0.4, 0.5) is 0 Å². The first-order valence-corrected chi connectivity index (χ1v) is 11.1. The van der Waals surface area contributed by atoms with Gasteiger partial charge in [-0.15, -0.1) is 0 Å². The van der Waals surface area contributed by atoms with E-state index < -0.39 is 6.04 Å². The number of hydrogen-bond acceptors (Lipinski definition) is 6. The van der Waals surface area contributed by atoms with Crippen LogP contribution in [0.3, 0.4) is 0 Å². The summed E-state index contributed by atoms with van der Waals surface area (Å²) in [7, 11) is 0. The molecule has 0 aliphatic carbocycles. The van der Waals surface area contributed by atoms with Gasteiger partial charge in [0, 0.05) is 24.0 Å². The fraction of sp³-hybridized carbons (Fsp3) is 0.185. The molecule has 4 aromatic rings. The quantitative estimate of drug-likeness (QED) is 0.348. The second-order valence-electron chi connectivity index (χ2n) is 8.10. The van der Waals surface area contributed by atoms with Gasteiger partial charge in [0.05, 0.1) is 0 Å². The van der Waals surface area contributed by atoms with Crippen LogP contribution in [0.5, 0.6) is 5.75 Å². The first kappa shape index (κ1) is 22.9. The molecule has 2 heterocycles. The van der Waals surface area contributed by atoms with E-state index in [2.05, 4.69) is 20.4 Å². The number of aromatic nitrogens is 3. The summed E-state index contributed by atoms with van der Waals surface area (Å²) >= 11 is 0. The van der Waals surface area contributed by atoms with E-state index in [9.17, 15) is 4.79 Å². The van der Waals surface area contributed by atoms with Crippen molar-refractivity contribution in [2.75, 3.05) is 0 Å². The molecule has 0 saturated carbocycles. The SMILES string of the molecule is CC(C)C(NC(=O)/C=C/c1cccc(OCc2ccccc2)c1)c1nc(-c2ccncc2)no1. The Morgan fingerprint density at radius 1 is 1.06 bits per heavy atom. The Kier molecular flexibility index (Phi) is 7.45. The molecule has 0 saturated heterocycles. The number of benzene rings is 2. The lowest BCUT2D eigenvalue weighted by Crippen LogP contribution is -2.30. The normalized spacial score (nSPS) is 12.1. The molecule has 1 unspecified atom stereocenters. The highest BCUT2D eigenvalue weighted by molar-refractivity contribution is 5.92. The topological polar surface area (TPSA) is 90.1 Å². The van der Waals surface area contributed by atoms with Crippen molar-refractivity contribution in [3.05, 3.63) is 102 Å². The molecule has 0 aliphatic rings. The summed E-state index contributed by atoms with van der Waals surface area (Å²) in [5, 5.41) is 7.01. The first-order valence-electron chi connectivity index (χ1n) is 11.1. The van der Waals surface area contributed by atoms with E-state index in [4.69, 9.17) is 9.26 Å². The number of nitrogens with zero attached hydrogens (tertiary/aromatic N) is 3. The van der Waals surface area contributed by atoms with Crippen molar-refractivity contribution in [3.63, 3.8) is 0 Å². The molecule has 4 rings (SSSR count). The second kappa shape index (κ2) is 11.0. The van der Waals surface area contributed by atoms with Gasteiger partial charge < -0.3 is 14.6 Å². The highest BCUT2D eigenvalue weighted by Crippen LogP contribution is 2.23. The van der Waals surface area contributed by atoms with Crippen LogP contribution in [-0.2, 0) is 11.4 Å². The van der Waals surface area contributed by atoms with Gasteiger partial charge in [-0.2, -0.15) is 4.98 Å². The largest absolute Gasteiger partial charge is 0.489 e. The molecule has 1 amide bonds. The zero-order valence-electron chi connectivity index (χ0n) is 19.1. The second-order valence-corrected chi connectivity index (χ2v) is 8.10. The Balaban J connectivity index is 1.39. The van der Waals surface area contributed by atoms with Crippen molar-refractivity contribution in [1.82, 2.24) is 20.4 Å². The maximum Gasteiger partial charge on any atom is 0.249 e. The Labute approximate surface area is 198 Å². The maximum absolute atomic E-state index is 12.6. The van der Waals surface area contributed by atoms with Gasteiger partial charge in [0.2, 0.25) is 17.6 Å². The van der Waals surface area contributed by atoms with Gasteiger partial charge in [0.15, 0.2) is 0 Å². The zero-order chi connectivity index (χ0) is 23.8. The van der Waals surface area contributed by atoms with E-state index >= 15 is 0 Å². The maximum atomic E-state index is 12.6. The summed E-state index contributed by atoms with van der Waals surface area (Å²) in [5.74, 6) is 1.36. The number of amides is 1. The van der Waals surface area contributed by atoms with Gasteiger partial charge >= 0.3 is 0 Å². The summed E-state index contributed by atoms with van der Waals surface area (Å²) in [6, 6.07) is 20.8. The van der Waals surface area contributed by atoms with E-state index in [-0.39, 0.29) is 11.8 Å². The molecule has 34 heavy (non-hydrogen) atoms. The predicted molar refractivity (Wildman–Crippen MR) is 130 cm³/mol. The van der Waals surface area contributed by atoms with E-state index in [0.29, 0.717) is 18.3 Å². The third kappa shape index (κ3) is 6.16. The van der Waals surface area contributed by atoms with Crippen molar-refractivity contribution >= 4 is 12.0 Å². The molecule has 1 N–H and O–H groups in total. The fourth-order valence-corrected chi connectivity index (χ4v) is 3.32. The number of carbonyl (C=O) groups excluding carboxylic acids is 1. The molecule has 0 fully saturated rings. The lowest BCUT2D eigenvalue weighted by molar-refractivity contribution is -0.117. The third-order valence-corrected chi connectivity index (χ3v) is 5.14. The molecular formula is C27H26N4O3. The molecule has 0 radical (unpaired) electrons. The van der Waals surface area contributed by atoms with Crippen LogP contribution in [0.25, 0.3) is 17.5 Å². The average Bonchev–Trinajstić information content (AvgIpc) is 3.36. The van der Waals surface area contributed by atoms with Gasteiger partial charge in [0.25, 0.3) is 0 Å². The van der Waals surface area contributed by atoms with Crippen LogP contribution in [0.1, 0.15) is 36.9 Å². The van der Waals surface area contributed by atoms with Gasteiger partial charge in [-0.1, -0.05) is 61.5 Å². The number of nitrogens with one attached hydrogen (secondary N) is 1. The average molecular weight is 455 g/mol. The molecule has 7 nitrogen and oxygen atoms in total. The highest BCUT2D eigenvalue weighted by Gasteiger charge is 2.24. The molecule has 1 atom stereocenters. The molecule has 2 aromatic heterocycles. The van der Waals surface area contributed by atoms with E-state index in [1.165, 1.54) is 6.08 Å². The summed E-state index contributed by atoms with van der Waals surface area (Å²) in [6.07, 6.45) is 6.57. The van der Waals surface area contributed by atoms with Crippen LogP contribution < -0.4 is 10.1 Å². The predicted octanol–water partition coefficient (Wildman–Crippen LogP) is 5.24. The van der Waals surface area contributed by atoms with Crippen LogP contribution in [-0.4, -0.2) is 21.0 Å². The van der Waals surface area contributed by atoms with Gasteiger partial charge in [-0.05, 0) is 47.4 Å². The minimum atomic E-state index is -0.416. The minimum absolute atomic E-state index is 0.0535. The van der Waals surface area contributed by atoms with Crippen LogP contribution in [0.2, 0.25) is 0 Å². The number of hydrogen-bond donors (Lipinski definition) is 1. The van der Waals surface area contributed by atoms with E-state index in [1.807, 2.05) is 68.4 Å². The lowest BCUT2D eigenvalue weighted by Gasteiger charge is -2.17. The molecular weight excluding hydrogens is 428 g/mol. The summed E-state index contributed by atoms with van der Waals surface area (Å²) in [6.45, 7) is 4.45. The Morgan fingerprint density at radius 2 is 1.85 bits per heavy atom. The Morgan fingerprint density at radius 3 is 2.62 bits per heavy atom. The van der Waals surface area contributed by atoms with Crippen molar-refractivity contribution in [2.45, 2.75) is 26.5 Å². The van der Waals surface area contributed by atoms with Crippen LogP contribution in [0.15, 0.2) is 89.7 Å². The van der Waals surface area contributed by atoms with E-state index in [0.717, 1.165) is 22.4 Å². The molecule has 172 valence electrons.